The zero-order valence-electron chi connectivity index (χ0n) is 6.39. The molecule has 0 aromatic carbocycles. The zero-order valence-corrected chi connectivity index (χ0v) is 7.21. The van der Waals surface area contributed by atoms with Gasteiger partial charge < -0.3 is 4.90 Å². The molecule has 10 heavy (non-hydrogen) atoms. The van der Waals surface area contributed by atoms with Crippen molar-refractivity contribution in [1.82, 2.24) is 4.90 Å². The molecule has 0 aliphatic carbocycles. The zero-order chi connectivity index (χ0) is 7.23. The second kappa shape index (κ2) is 4.51. The number of piperidine rings is 1. The minimum Gasteiger partial charge on any atom is -0.332 e. The summed E-state index contributed by atoms with van der Waals surface area (Å²) in [5.41, 5.74) is 0. The van der Waals surface area contributed by atoms with Gasteiger partial charge in [0.25, 0.3) is 0 Å². The second-order valence-electron chi connectivity index (χ2n) is 2.47. The van der Waals surface area contributed by atoms with Crippen molar-refractivity contribution in [3.8, 4) is 11.3 Å². The summed E-state index contributed by atoms with van der Waals surface area (Å²) in [5, 5.41) is 3.01. The maximum atomic E-state index is 3.12. The van der Waals surface area contributed by atoms with E-state index in [0.717, 1.165) is 0 Å². The fourth-order valence-electron chi connectivity index (χ4n) is 1.12. The molecule has 0 bridgehead atoms. The van der Waals surface area contributed by atoms with E-state index in [1.807, 2.05) is 6.26 Å². The van der Waals surface area contributed by atoms with Crippen LogP contribution in [0.4, 0.5) is 0 Å². The monoisotopic (exact) mass is 155 g/mol. The minimum atomic E-state index is 1.17. The van der Waals surface area contributed by atoms with Gasteiger partial charge in [0, 0.05) is 19.1 Å². The molecule has 1 saturated heterocycles. The number of hydrogen-bond donors (Lipinski definition) is 0. The van der Waals surface area contributed by atoms with E-state index in [0.29, 0.717) is 0 Å². The average Bonchev–Trinajstić information content (AvgIpc) is 2.03. The predicted molar refractivity (Wildman–Crippen MR) is 46.7 cm³/mol. The first kappa shape index (κ1) is 7.81. The van der Waals surface area contributed by atoms with Crippen LogP contribution in [-0.4, -0.2) is 24.2 Å². The molecular weight excluding hydrogens is 142 g/mol. The molecular formula is C8H13NS. The van der Waals surface area contributed by atoms with Gasteiger partial charge in [-0.05, 0) is 30.8 Å². The molecule has 1 rings (SSSR count). The molecule has 0 saturated carbocycles. The molecule has 0 unspecified atom stereocenters. The van der Waals surface area contributed by atoms with Crippen molar-refractivity contribution >= 4 is 11.8 Å². The van der Waals surface area contributed by atoms with Gasteiger partial charge in [0.05, 0.1) is 0 Å². The standard InChI is InChI=1S/C8H13NS/c1-10-8-7-9-5-3-2-4-6-9/h2-6H2,1H3. The topological polar surface area (TPSA) is 3.24 Å². The summed E-state index contributed by atoms with van der Waals surface area (Å²) < 4.78 is 0. The van der Waals surface area contributed by atoms with E-state index < -0.39 is 0 Å². The minimum absolute atomic E-state index is 1.17. The van der Waals surface area contributed by atoms with E-state index in [2.05, 4.69) is 16.2 Å². The van der Waals surface area contributed by atoms with Gasteiger partial charge in [-0.1, -0.05) is 11.8 Å². The Balaban J connectivity index is 2.25. The third-order valence-corrected chi connectivity index (χ3v) is 1.96. The third-order valence-electron chi connectivity index (χ3n) is 1.66. The smallest absolute Gasteiger partial charge is 0.0260 e. The lowest BCUT2D eigenvalue weighted by molar-refractivity contribution is 0.327. The molecule has 1 nitrogen and oxygen atoms in total. The van der Waals surface area contributed by atoms with Crippen LogP contribution >= 0.6 is 11.8 Å². The van der Waals surface area contributed by atoms with Crippen LogP contribution in [0.1, 0.15) is 19.3 Å². The summed E-state index contributed by atoms with van der Waals surface area (Å²) in [4.78, 5) is 2.22. The highest BCUT2D eigenvalue weighted by Crippen LogP contribution is 2.06. The number of thioether (sulfide) groups is 1. The Hall–Kier alpha value is -0.290. The van der Waals surface area contributed by atoms with Crippen LogP contribution in [0.2, 0.25) is 0 Å². The number of hydrogen-bond acceptors (Lipinski definition) is 2. The molecule has 0 aromatic heterocycles. The van der Waals surface area contributed by atoms with Crippen molar-refractivity contribution in [2.75, 3.05) is 19.3 Å². The predicted octanol–water partition coefficient (Wildman–Crippen LogP) is 1.75. The highest BCUT2D eigenvalue weighted by molar-refractivity contribution is 8.03. The van der Waals surface area contributed by atoms with Crippen molar-refractivity contribution in [2.45, 2.75) is 19.3 Å². The Morgan fingerprint density at radius 2 is 1.90 bits per heavy atom. The van der Waals surface area contributed by atoms with Gasteiger partial charge in [0.2, 0.25) is 0 Å². The average molecular weight is 155 g/mol. The van der Waals surface area contributed by atoms with Crippen LogP contribution in [0.5, 0.6) is 0 Å². The summed E-state index contributed by atoms with van der Waals surface area (Å²) in [6.45, 7) is 2.35. The van der Waals surface area contributed by atoms with E-state index in [-0.39, 0.29) is 0 Å². The van der Waals surface area contributed by atoms with Gasteiger partial charge in [-0.2, -0.15) is 0 Å². The summed E-state index contributed by atoms with van der Waals surface area (Å²) in [7, 11) is 0. The van der Waals surface area contributed by atoms with Gasteiger partial charge in [-0.3, -0.25) is 0 Å². The Morgan fingerprint density at radius 1 is 1.20 bits per heavy atom. The summed E-state index contributed by atoms with van der Waals surface area (Å²) in [5.74, 6) is 0. The van der Waals surface area contributed by atoms with Crippen LogP contribution in [0, 0.1) is 11.3 Å². The SMILES string of the molecule is CSC#CN1CCCCC1. The maximum Gasteiger partial charge on any atom is 0.0260 e. The van der Waals surface area contributed by atoms with Gasteiger partial charge in [-0.15, -0.1) is 0 Å². The first-order valence-electron chi connectivity index (χ1n) is 3.72. The quantitative estimate of drug-likeness (QED) is 0.490. The Labute approximate surface area is 67.2 Å². The number of rotatable bonds is 0. The molecule has 0 amide bonds. The molecule has 0 N–H and O–H groups in total. The van der Waals surface area contributed by atoms with Crippen LogP contribution in [0.25, 0.3) is 0 Å². The Bertz CT molecular complexity index is 139. The molecule has 0 radical (unpaired) electrons. The fraction of sp³-hybridized carbons (Fsp3) is 0.750. The summed E-state index contributed by atoms with van der Waals surface area (Å²) in [6.07, 6.45) is 6.04. The first-order valence-corrected chi connectivity index (χ1v) is 4.94. The molecule has 1 fully saturated rings. The molecule has 0 aromatic rings. The molecule has 0 spiro atoms. The maximum absolute atomic E-state index is 3.12. The summed E-state index contributed by atoms with van der Waals surface area (Å²) in [6, 6.07) is 3.12. The van der Waals surface area contributed by atoms with Crippen molar-refractivity contribution in [3.05, 3.63) is 0 Å². The van der Waals surface area contributed by atoms with Crippen LogP contribution in [0.15, 0.2) is 0 Å². The van der Waals surface area contributed by atoms with Crippen LogP contribution < -0.4 is 0 Å². The van der Waals surface area contributed by atoms with E-state index >= 15 is 0 Å². The summed E-state index contributed by atoms with van der Waals surface area (Å²) >= 11 is 1.59. The first-order chi connectivity index (χ1) is 4.93. The van der Waals surface area contributed by atoms with E-state index in [9.17, 15) is 0 Å². The fourth-order valence-corrected chi connectivity index (χ4v) is 1.34. The van der Waals surface area contributed by atoms with Gasteiger partial charge >= 0.3 is 0 Å². The third kappa shape index (κ3) is 2.53. The van der Waals surface area contributed by atoms with Crippen molar-refractivity contribution in [3.63, 3.8) is 0 Å². The van der Waals surface area contributed by atoms with Crippen molar-refractivity contribution in [2.24, 2.45) is 0 Å². The molecule has 1 heterocycles. The molecule has 56 valence electrons. The Kier molecular flexibility index (Phi) is 3.53. The lowest BCUT2D eigenvalue weighted by Crippen LogP contribution is -2.24. The van der Waals surface area contributed by atoms with Crippen molar-refractivity contribution in [1.29, 1.82) is 0 Å². The van der Waals surface area contributed by atoms with Crippen LogP contribution in [0.3, 0.4) is 0 Å². The normalized spacial score (nSPS) is 17.9. The molecule has 2 heteroatoms. The van der Waals surface area contributed by atoms with Crippen molar-refractivity contribution < 1.29 is 0 Å². The van der Waals surface area contributed by atoms with Crippen LogP contribution in [-0.2, 0) is 0 Å². The van der Waals surface area contributed by atoms with Gasteiger partial charge in [0.1, 0.15) is 0 Å². The number of nitrogens with zero attached hydrogens (tertiary/aromatic N) is 1. The number of likely N-dealkylation sites (tertiary alicyclic amines) is 1. The second-order valence-corrected chi connectivity index (χ2v) is 3.08. The largest absolute Gasteiger partial charge is 0.332 e. The van der Waals surface area contributed by atoms with Gasteiger partial charge in [0.15, 0.2) is 0 Å². The molecule has 1 aliphatic rings. The molecule has 1 aliphatic heterocycles. The van der Waals surface area contributed by atoms with E-state index in [4.69, 9.17) is 0 Å². The lowest BCUT2D eigenvalue weighted by Gasteiger charge is -2.21. The molecule has 0 atom stereocenters. The Morgan fingerprint density at radius 3 is 2.50 bits per heavy atom. The van der Waals surface area contributed by atoms with Gasteiger partial charge in [-0.25, -0.2) is 0 Å². The van der Waals surface area contributed by atoms with E-state index in [1.165, 1.54) is 32.4 Å². The highest BCUT2D eigenvalue weighted by Gasteiger charge is 2.04. The van der Waals surface area contributed by atoms with E-state index in [1.54, 1.807) is 11.8 Å². The highest BCUT2D eigenvalue weighted by atomic mass is 32.2. The lowest BCUT2D eigenvalue weighted by atomic mass is 10.1.